The average molecular weight is 406 g/mol. The predicted molar refractivity (Wildman–Crippen MR) is 118 cm³/mol. The van der Waals surface area contributed by atoms with Gasteiger partial charge >= 0.3 is 5.69 Å². The molecule has 0 amide bonds. The first-order valence-corrected chi connectivity index (χ1v) is 10.4. The van der Waals surface area contributed by atoms with Crippen LogP contribution in [0.1, 0.15) is 19.5 Å². The number of fused-ring (bicyclic) bond motifs is 2. The summed E-state index contributed by atoms with van der Waals surface area (Å²) in [5.74, 6) is 1.79. The molecule has 4 aromatic rings. The molecule has 1 atom stereocenters. The number of piperazine rings is 1. The van der Waals surface area contributed by atoms with Gasteiger partial charge in [-0.05, 0) is 36.8 Å². The number of anilines is 1. The highest BCUT2D eigenvalue weighted by Gasteiger charge is 2.27. The molecule has 1 fully saturated rings. The van der Waals surface area contributed by atoms with Gasteiger partial charge in [0.05, 0.1) is 29.8 Å². The van der Waals surface area contributed by atoms with E-state index in [1.54, 1.807) is 7.11 Å². The van der Waals surface area contributed by atoms with Gasteiger partial charge in [-0.1, -0.05) is 19.1 Å². The van der Waals surface area contributed by atoms with Crippen LogP contribution >= 0.6 is 0 Å². The number of aromatic amines is 2. The van der Waals surface area contributed by atoms with E-state index >= 15 is 0 Å². The van der Waals surface area contributed by atoms with E-state index in [1.165, 1.54) is 0 Å². The second-order valence-corrected chi connectivity index (χ2v) is 7.69. The minimum atomic E-state index is -0.0455. The van der Waals surface area contributed by atoms with E-state index in [0.717, 1.165) is 66.1 Å². The maximum absolute atomic E-state index is 12.7. The lowest BCUT2D eigenvalue weighted by Gasteiger charge is -2.39. The molecule has 1 aliphatic heterocycles. The van der Waals surface area contributed by atoms with Gasteiger partial charge in [0.25, 0.3) is 0 Å². The zero-order chi connectivity index (χ0) is 20.7. The number of hydrogen-bond donors (Lipinski definition) is 2. The molecule has 2 aromatic heterocycles. The van der Waals surface area contributed by atoms with Crippen molar-refractivity contribution in [3.05, 3.63) is 52.9 Å². The second kappa shape index (κ2) is 7.53. The number of benzene rings is 2. The van der Waals surface area contributed by atoms with Crippen molar-refractivity contribution in [2.75, 3.05) is 38.2 Å². The van der Waals surface area contributed by atoms with E-state index in [1.807, 2.05) is 47.0 Å². The molecule has 0 radical (unpaired) electrons. The van der Waals surface area contributed by atoms with E-state index in [2.05, 4.69) is 31.9 Å². The van der Waals surface area contributed by atoms with Crippen molar-refractivity contribution in [2.24, 2.45) is 0 Å². The molecule has 0 bridgehead atoms. The molecule has 5 rings (SSSR count). The fraction of sp³-hybridized carbons (Fsp3) is 0.364. The molecule has 1 unspecified atom stereocenters. The van der Waals surface area contributed by atoms with Crippen LogP contribution in [0.15, 0.2) is 47.3 Å². The van der Waals surface area contributed by atoms with E-state index in [0.29, 0.717) is 0 Å². The Kier molecular flexibility index (Phi) is 4.71. The fourth-order valence-corrected chi connectivity index (χ4v) is 4.55. The van der Waals surface area contributed by atoms with Crippen molar-refractivity contribution in [3.63, 3.8) is 0 Å². The summed E-state index contributed by atoms with van der Waals surface area (Å²) in [7, 11) is 1.68. The number of para-hydroxylation sites is 2. The van der Waals surface area contributed by atoms with Crippen LogP contribution in [0, 0.1) is 0 Å². The van der Waals surface area contributed by atoms with Crippen LogP contribution in [0.25, 0.3) is 21.9 Å². The summed E-state index contributed by atoms with van der Waals surface area (Å²) in [4.78, 5) is 20.4. The van der Waals surface area contributed by atoms with E-state index < -0.39 is 0 Å². The molecular weight excluding hydrogens is 380 g/mol. The highest BCUT2D eigenvalue weighted by atomic mass is 16.5. The van der Waals surface area contributed by atoms with Crippen molar-refractivity contribution in [1.29, 1.82) is 0 Å². The monoisotopic (exact) mass is 406 g/mol. The van der Waals surface area contributed by atoms with Crippen LogP contribution in [0.4, 0.5) is 5.82 Å². The third kappa shape index (κ3) is 3.04. The minimum absolute atomic E-state index is 0.0341. The average Bonchev–Trinajstić information content (AvgIpc) is 3.35. The molecule has 0 spiro atoms. The second-order valence-electron chi connectivity index (χ2n) is 7.69. The Hall–Kier alpha value is -3.26. The number of ether oxygens (including phenoxy) is 1. The van der Waals surface area contributed by atoms with Gasteiger partial charge in [-0.15, -0.1) is 0 Å². The third-order valence-corrected chi connectivity index (χ3v) is 6.07. The molecule has 2 N–H and O–H groups in total. The number of H-pyrrole nitrogens is 2. The van der Waals surface area contributed by atoms with Gasteiger partial charge in [-0.2, -0.15) is 5.10 Å². The van der Waals surface area contributed by atoms with Crippen molar-refractivity contribution < 1.29 is 4.74 Å². The highest BCUT2D eigenvalue weighted by Crippen LogP contribution is 2.30. The first-order valence-electron chi connectivity index (χ1n) is 10.4. The Balaban J connectivity index is 1.39. The Bertz CT molecular complexity index is 1230. The van der Waals surface area contributed by atoms with Crippen LogP contribution in [-0.4, -0.2) is 57.9 Å². The molecule has 156 valence electrons. The quantitative estimate of drug-likeness (QED) is 0.533. The Morgan fingerprint density at radius 3 is 2.67 bits per heavy atom. The largest absolute Gasteiger partial charge is 0.497 e. The lowest BCUT2D eigenvalue weighted by molar-refractivity contribution is 0.127. The van der Waals surface area contributed by atoms with Crippen LogP contribution in [0.3, 0.4) is 0 Å². The Labute approximate surface area is 174 Å². The van der Waals surface area contributed by atoms with Gasteiger partial charge in [0, 0.05) is 31.6 Å². The summed E-state index contributed by atoms with van der Waals surface area (Å²) in [6, 6.07) is 13.9. The summed E-state index contributed by atoms with van der Waals surface area (Å²) in [6.45, 7) is 5.57. The first kappa shape index (κ1) is 18.7. The highest BCUT2D eigenvalue weighted by molar-refractivity contribution is 5.91. The molecule has 1 saturated heterocycles. The summed E-state index contributed by atoms with van der Waals surface area (Å²) in [5.41, 5.74) is 2.81. The summed E-state index contributed by atoms with van der Waals surface area (Å²) >= 11 is 0. The molecule has 0 aliphatic carbocycles. The van der Waals surface area contributed by atoms with Gasteiger partial charge in [0.15, 0.2) is 5.82 Å². The van der Waals surface area contributed by atoms with E-state index in [-0.39, 0.29) is 11.9 Å². The van der Waals surface area contributed by atoms with Gasteiger partial charge < -0.3 is 14.6 Å². The third-order valence-electron chi connectivity index (χ3n) is 6.07. The minimum Gasteiger partial charge on any atom is -0.497 e. The van der Waals surface area contributed by atoms with Crippen LogP contribution in [0.5, 0.6) is 5.75 Å². The van der Waals surface area contributed by atoms with Gasteiger partial charge in [-0.25, -0.2) is 4.79 Å². The topological polar surface area (TPSA) is 82.2 Å². The molecule has 8 nitrogen and oxygen atoms in total. The van der Waals surface area contributed by atoms with Crippen molar-refractivity contribution in [2.45, 2.75) is 19.5 Å². The standard InChI is InChI=1S/C22H26N6O2/c1-3-20(28-19-7-5-4-6-18(19)23-22(28)29)26-10-12-27(13-11-26)21-16-14-15(30-2)8-9-17(16)24-25-21/h4-9,14,20H,3,10-13H2,1-2H3,(H,23,29)(H,24,25). The number of imidazole rings is 1. The van der Waals surface area contributed by atoms with Crippen molar-refractivity contribution in [1.82, 2.24) is 24.6 Å². The molecular formula is C22H26N6O2. The normalized spacial score (nSPS) is 16.4. The van der Waals surface area contributed by atoms with Gasteiger partial charge in [-0.3, -0.25) is 14.6 Å². The van der Waals surface area contributed by atoms with Crippen LogP contribution in [-0.2, 0) is 0 Å². The molecule has 8 heteroatoms. The summed E-state index contributed by atoms with van der Waals surface area (Å²) < 4.78 is 7.28. The number of methoxy groups -OCH3 is 1. The lowest BCUT2D eigenvalue weighted by Crippen LogP contribution is -2.50. The van der Waals surface area contributed by atoms with Gasteiger partial charge in [0.2, 0.25) is 0 Å². The predicted octanol–water partition coefficient (Wildman–Crippen LogP) is 2.95. The lowest BCUT2D eigenvalue weighted by atomic mass is 10.2. The SMILES string of the molecule is CCC(N1CCN(c2n[nH]c3ccc(OC)cc23)CC1)n1c(=O)[nH]c2ccccc21. The number of rotatable bonds is 5. The molecule has 30 heavy (non-hydrogen) atoms. The summed E-state index contributed by atoms with van der Waals surface area (Å²) in [6.07, 6.45) is 0.899. The van der Waals surface area contributed by atoms with Crippen molar-refractivity contribution >= 4 is 27.8 Å². The smallest absolute Gasteiger partial charge is 0.327 e. The zero-order valence-electron chi connectivity index (χ0n) is 17.3. The van der Waals surface area contributed by atoms with Gasteiger partial charge in [0.1, 0.15) is 5.75 Å². The van der Waals surface area contributed by atoms with Crippen molar-refractivity contribution in [3.8, 4) is 5.75 Å². The Morgan fingerprint density at radius 2 is 1.90 bits per heavy atom. The molecule has 1 aliphatic rings. The van der Waals surface area contributed by atoms with E-state index in [4.69, 9.17) is 4.74 Å². The zero-order valence-corrected chi connectivity index (χ0v) is 17.3. The number of hydrogen-bond acceptors (Lipinski definition) is 5. The van der Waals surface area contributed by atoms with E-state index in [9.17, 15) is 4.79 Å². The number of nitrogens with one attached hydrogen (secondary N) is 2. The Morgan fingerprint density at radius 1 is 1.10 bits per heavy atom. The van der Waals surface area contributed by atoms with Crippen LogP contribution < -0.4 is 15.3 Å². The first-order chi connectivity index (χ1) is 14.7. The fourth-order valence-electron chi connectivity index (χ4n) is 4.55. The van der Waals surface area contributed by atoms with Crippen LogP contribution in [0.2, 0.25) is 0 Å². The molecule has 0 saturated carbocycles. The number of nitrogens with zero attached hydrogens (tertiary/aromatic N) is 4. The summed E-state index contributed by atoms with van der Waals surface area (Å²) in [5, 5.41) is 8.75. The maximum Gasteiger partial charge on any atom is 0.327 e. The number of aromatic nitrogens is 4. The maximum atomic E-state index is 12.7. The molecule has 3 heterocycles. The molecule has 2 aromatic carbocycles.